The van der Waals surface area contributed by atoms with Crippen LogP contribution < -0.4 is 5.32 Å². The number of hydrogen-bond donors (Lipinski definition) is 1. The molecule has 1 saturated heterocycles. The Morgan fingerprint density at radius 1 is 1.44 bits per heavy atom. The summed E-state index contributed by atoms with van der Waals surface area (Å²) in [5, 5.41) is 3.73. The molecule has 0 spiro atoms. The van der Waals surface area contributed by atoms with Gasteiger partial charge in [-0.1, -0.05) is 13.8 Å². The van der Waals surface area contributed by atoms with E-state index in [1.165, 1.54) is 25.9 Å². The van der Waals surface area contributed by atoms with E-state index in [1.54, 1.807) is 7.11 Å². The number of rotatable bonds is 6. The highest BCUT2D eigenvalue weighted by Crippen LogP contribution is 2.17. The van der Waals surface area contributed by atoms with Gasteiger partial charge < -0.3 is 15.0 Å². The number of hydrogen-bond acceptors (Lipinski definition) is 3. The van der Waals surface area contributed by atoms with Crippen LogP contribution in [0.15, 0.2) is 0 Å². The summed E-state index contributed by atoms with van der Waals surface area (Å²) >= 11 is 0. The lowest BCUT2D eigenvalue weighted by Crippen LogP contribution is -2.50. The van der Waals surface area contributed by atoms with Gasteiger partial charge in [0.15, 0.2) is 0 Å². The van der Waals surface area contributed by atoms with Crippen molar-refractivity contribution < 1.29 is 4.74 Å². The fourth-order valence-electron chi connectivity index (χ4n) is 2.66. The maximum atomic E-state index is 5.23. The summed E-state index contributed by atoms with van der Waals surface area (Å²) in [5.41, 5.74) is 0. The molecule has 1 aliphatic rings. The molecule has 0 saturated carbocycles. The summed E-state index contributed by atoms with van der Waals surface area (Å²) in [4.78, 5) is 2.56. The van der Waals surface area contributed by atoms with Gasteiger partial charge in [0.25, 0.3) is 0 Å². The van der Waals surface area contributed by atoms with Gasteiger partial charge in [0.2, 0.25) is 0 Å². The van der Waals surface area contributed by atoms with Gasteiger partial charge in [-0.25, -0.2) is 0 Å². The van der Waals surface area contributed by atoms with Crippen LogP contribution in [-0.4, -0.2) is 49.8 Å². The molecule has 1 rings (SSSR count). The second kappa shape index (κ2) is 7.25. The molecular weight excluding hydrogens is 200 g/mol. The average molecular weight is 228 g/mol. The van der Waals surface area contributed by atoms with Gasteiger partial charge in [-0.15, -0.1) is 0 Å². The standard InChI is InChI=1S/C13H28N2O/c1-5-12(10-16-4)14-13-7-8-15(6-2)11(3)9-13/h11-14H,5-10H2,1-4H3. The second-order valence-corrected chi connectivity index (χ2v) is 4.93. The molecule has 16 heavy (non-hydrogen) atoms. The van der Waals surface area contributed by atoms with Gasteiger partial charge in [0, 0.05) is 25.2 Å². The van der Waals surface area contributed by atoms with Crippen molar-refractivity contribution in [2.45, 2.75) is 58.2 Å². The lowest BCUT2D eigenvalue weighted by atomic mass is 9.97. The first-order chi connectivity index (χ1) is 7.71. The lowest BCUT2D eigenvalue weighted by Gasteiger charge is -2.38. The minimum Gasteiger partial charge on any atom is -0.383 e. The van der Waals surface area contributed by atoms with Crippen molar-refractivity contribution in [1.29, 1.82) is 0 Å². The highest BCUT2D eigenvalue weighted by molar-refractivity contribution is 4.84. The maximum absolute atomic E-state index is 5.23. The summed E-state index contributed by atoms with van der Waals surface area (Å²) in [7, 11) is 1.78. The highest BCUT2D eigenvalue weighted by atomic mass is 16.5. The normalized spacial score (nSPS) is 29.2. The summed E-state index contributed by atoms with van der Waals surface area (Å²) in [6.45, 7) is 10.1. The molecule has 0 aromatic rings. The van der Waals surface area contributed by atoms with Crippen molar-refractivity contribution in [3.63, 3.8) is 0 Å². The van der Waals surface area contributed by atoms with Crippen molar-refractivity contribution in [2.24, 2.45) is 0 Å². The predicted molar refractivity (Wildman–Crippen MR) is 68.8 cm³/mol. The van der Waals surface area contributed by atoms with Crippen molar-refractivity contribution >= 4 is 0 Å². The van der Waals surface area contributed by atoms with Crippen LogP contribution in [0.5, 0.6) is 0 Å². The molecule has 0 aliphatic carbocycles. The van der Waals surface area contributed by atoms with Crippen LogP contribution in [-0.2, 0) is 4.74 Å². The van der Waals surface area contributed by atoms with Crippen molar-refractivity contribution in [3.05, 3.63) is 0 Å². The van der Waals surface area contributed by atoms with E-state index in [0.29, 0.717) is 12.1 Å². The molecule has 0 bridgehead atoms. The molecule has 0 aromatic carbocycles. The molecule has 0 amide bonds. The van der Waals surface area contributed by atoms with Crippen LogP contribution in [0.25, 0.3) is 0 Å². The largest absolute Gasteiger partial charge is 0.383 e. The van der Waals surface area contributed by atoms with Gasteiger partial charge in [0.05, 0.1) is 6.61 Å². The quantitative estimate of drug-likeness (QED) is 0.751. The minimum atomic E-state index is 0.523. The molecule has 3 heteroatoms. The molecule has 0 aromatic heterocycles. The molecule has 1 N–H and O–H groups in total. The average Bonchev–Trinajstić information content (AvgIpc) is 2.28. The lowest BCUT2D eigenvalue weighted by molar-refractivity contribution is 0.117. The van der Waals surface area contributed by atoms with Crippen molar-refractivity contribution in [3.8, 4) is 0 Å². The van der Waals surface area contributed by atoms with Crippen LogP contribution >= 0.6 is 0 Å². The van der Waals surface area contributed by atoms with E-state index in [0.717, 1.165) is 19.1 Å². The third-order valence-corrected chi connectivity index (χ3v) is 3.75. The van der Waals surface area contributed by atoms with Crippen LogP contribution in [0.2, 0.25) is 0 Å². The second-order valence-electron chi connectivity index (χ2n) is 4.93. The van der Waals surface area contributed by atoms with E-state index < -0.39 is 0 Å². The number of nitrogens with one attached hydrogen (secondary N) is 1. The van der Waals surface area contributed by atoms with Gasteiger partial charge >= 0.3 is 0 Å². The van der Waals surface area contributed by atoms with Gasteiger partial charge in [-0.2, -0.15) is 0 Å². The third-order valence-electron chi connectivity index (χ3n) is 3.75. The van der Waals surface area contributed by atoms with Gasteiger partial charge in [-0.05, 0) is 39.3 Å². The topological polar surface area (TPSA) is 24.5 Å². The molecule has 3 nitrogen and oxygen atoms in total. The number of ether oxygens (including phenoxy) is 1. The van der Waals surface area contributed by atoms with Crippen LogP contribution in [0, 0.1) is 0 Å². The Morgan fingerprint density at radius 2 is 2.19 bits per heavy atom. The molecule has 3 unspecified atom stereocenters. The Balaban J connectivity index is 2.33. The number of nitrogens with zero attached hydrogens (tertiary/aromatic N) is 1. The Kier molecular flexibility index (Phi) is 6.32. The summed E-state index contributed by atoms with van der Waals surface area (Å²) in [5.74, 6) is 0. The highest BCUT2D eigenvalue weighted by Gasteiger charge is 2.25. The Bertz CT molecular complexity index is 187. The van der Waals surface area contributed by atoms with E-state index in [1.807, 2.05) is 0 Å². The molecule has 1 aliphatic heterocycles. The van der Waals surface area contributed by atoms with Crippen LogP contribution in [0.4, 0.5) is 0 Å². The first-order valence-corrected chi connectivity index (χ1v) is 6.70. The predicted octanol–water partition coefficient (Wildman–Crippen LogP) is 1.87. The number of methoxy groups -OCH3 is 1. The SMILES string of the molecule is CCC(COC)NC1CCN(CC)C(C)C1. The Labute approximate surface area is 101 Å². The van der Waals surface area contributed by atoms with E-state index in [9.17, 15) is 0 Å². The zero-order valence-electron chi connectivity index (χ0n) is 11.3. The van der Waals surface area contributed by atoms with E-state index in [4.69, 9.17) is 4.74 Å². The van der Waals surface area contributed by atoms with E-state index in [-0.39, 0.29) is 0 Å². The fraction of sp³-hybridized carbons (Fsp3) is 1.00. The molecule has 0 radical (unpaired) electrons. The molecule has 96 valence electrons. The van der Waals surface area contributed by atoms with Crippen molar-refractivity contribution in [2.75, 3.05) is 26.8 Å². The molecular formula is C13H28N2O. The zero-order valence-corrected chi connectivity index (χ0v) is 11.3. The Morgan fingerprint density at radius 3 is 2.69 bits per heavy atom. The molecule has 1 heterocycles. The van der Waals surface area contributed by atoms with Gasteiger partial charge in [-0.3, -0.25) is 0 Å². The van der Waals surface area contributed by atoms with Gasteiger partial charge in [0.1, 0.15) is 0 Å². The third kappa shape index (κ3) is 4.04. The van der Waals surface area contributed by atoms with E-state index >= 15 is 0 Å². The number of piperidine rings is 1. The van der Waals surface area contributed by atoms with Crippen LogP contribution in [0.3, 0.4) is 0 Å². The van der Waals surface area contributed by atoms with Crippen LogP contribution in [0.1, 0.15) is 40.0 Å². The fourth-order valence-corrected chi connectivity index (χ4v) is 2.66. The summed E-state index contributed by atoms with van der Waals surface area (Å²) in [6.07, 6.45) is 3.70. The molecule has 3 atom stereocenters. The number of likely N-dealkylation sites (tertiary alicyclic amines) is 1. The minimum absolute atomic E-state index is 0.523. The molecule has 1 fully saturated rings. The maximum Gasteiger partial charge on any atom is 0.0615 e. The van der Waals surface area contributed by atoms with Crippen molar-refractivity contribution in [1.82, 2.24) is 10.2 Å². The smallest absolute Gasteiger partial charge is 0.0615 e. The zero-order chi connectivity index (χ0) is 12.0. The summed E-state index contributed by atoms with van der Waals surface area (Å²) < 4.78 is 5.23. The monoisotopic (exact) mass is 228 g/mol. The Hall–Kier alpha value is -0.120. The van der Waals surface area contributed by atoms with E-state index in [2.05, 4.69) is 31.0 Å². The summed E-state index contributed by atoms with van der Waals surface area (Å²) in [6, 6.07) is 1.92. The first kappa shape index (κ1) is 13.9. The first-order valence-electron chi connectivity index (χ1n) is 6.70.